The number of carbonyl (C=O) groups is 2. The van der Waals surface area contributed by atoms with Gasteiger partial charge in [0, 0.05) is 25.2 Å². The maximum absolute atomic E-state index is 12.0. The molecule has 0 aliphatic carbocycles. The van der Waals surface area contributed by atoms with E-state index in [0.29, 0.717) is 37.7 Å². The van der Waals surface area contributed by atoms with Crippen molar-refractivity contribution in [2.75, 3.05) is 26.8 Å². The highest BCUT2D eigenvalue weighted by atomic mass is 16.5. The van der Waals surface area contributed by atoms with Gasteiger partial charge in [0.1, 0.15) is 6.04 Å². The summed E-state index contributed by atoms with van der Waals surface area (Å²) in [5, 5.41) is 11.8. The number of piperazine rings is 1. The first kappa shape index (κ1) is 17.1. The maximum atomic E-state index is 12.0. The van der Waals surface area contributed by atoms with Crippen LogP contribution in [-0.4, -0.2) is 54.7 Å². The molecule has 23 heavy (non-hydrogen) atoms. The highest BCUT2D eigenvalue weighted by molar-refractivity contribution is 5.86. The summed E-state index contributed by atoms with van der Waals surface area (Å²) in [5.74, 6) is 0.0189. The van der Waals surface area contributed by atoms with Gasteiger partial charge in [-0.1, -0.05) is 12.1 Å². The van der Waals surface area contributed by atoms with Gasteiger partial charge in [-0.2, -0.15) is 0 Å². The zero-order valence-corrected chi connectivity index (χ0v) is 13.4. The van der Waals surface area contributed by atoms with Gasteiger partial charge in [0.15, 0.2) is 11.5 Å². The minimum absolute atomic E-state index is 0.222. The average molecular weight is 322 g/mol. The first-order valence-corrected chi connectivity index (χ1v) is 7.59. The Morgan fingerprint density at radius 1 is 1.48 bits per heavy atom. The van der Waals surface area contributed by atoms with E-state index in [4.69, 9.17) is 14.6 Å². The van der Waals surface area contributed by atoms with E-state index >= 15 is 0 Å². The van der Waals surface area contributed by atoms with Gasteiger partial charge < -0.3 is 19.9 Å². The quantitative estimate of drug-likeness (QED) is 0.774. The molecular weight excluding hydrogens is 300 g/mol. The van der Waals surface area contributed by atoms with Gasteiger partial charge in [0.05, 0.1) is 20.1 Å². The van der Waals surface area contributed by atoms with Crippen LogP contribution in [0.5, 0.6) is 11.5 Å². The Morgan fingerprint density at radius 3 is 2.91 bits per heavy atom. The van der Waals surface area contributed by atoms with Gasteiger partial charge >= 0.3 is 5.97 Å². The Balaban J connectivity index is 2.25. The van der Waals surface area contributed by atoms with E-state index in [1.165, 1.54) is 0 Å². The van der Waals surface area contributed by atoms with Crippen molar-refractivity contribution in [3.05, 3.63) is 23.8 Å². The van der Waals surface area contributed by atoms with Crippen molar-refractivity contribution >= 4 is 11.9 Å². The lowest BCUT2D eigenvalue weighted by Gasteiger charge is -2.34. The van der Waals surface area contributed by atoms with Crippen molar-refractivity contribution in [2.24, 2.45) is 0 Å². The molecule has 1 heterocycles. The second-order valence-corrected chi connectivity index (χ2v) is 5.26. The van der Waals surface area contributed by atoms with E-state index < -0.39 is 12.0 Å². The highest BCUT2D eigenvalue weighted by Gasteiger charge is 2.32. The molecule has 1 fully saturated rings. The van der Waals surface area contributed by atoms with Gasteiger partial charge in [0.2, 0.25) is 5.91 Å². The minimum atomic E-state index is -0.993. The fourth-order valence-electron chi connectivity index (χ4n) is 2.71. The third kappa shape index (κ3) is 4.13. The topological polar surface area (TPSA) is 88.1 Å². The molecule has 0 spiro atoms. The number of carbonyl (C=O) groups excluding carboxylic acids is 1. The number of nitrogens with one attached hydrogen (secondary N) is 1. The number of nitrogens with zero attached hydrogens (tertiary/aromatic N) is 1. The van der Waals surface area contributed by atoms with E-state index in [2.05, 4.69) is 5.32 Å². The molecule has 0 saturated carbocycles. The number of hydrogen-bond donors (Lipinski definition) is 2. The zero-order valence-electron chi connectivity index (χ0n) is 13.4. The van der Waals surface area contributed by atoms with Gasteiger partial charge in [-0.05, 0) is 13.0 Å². The summed E-state index contributed by atoms with van der Waals surface area (Å²) in [5.41, 5.74) is 0.872. The molecule has 1 unspecified atom stereocenters. The molecule has 1 aliphatic heterocycles. The fraction of sp³-hybridized carbons (Fsp3) is 0.500. The summed E-state index contributed by atoms with van der Waals surface area (Å²) in [6.45, 7) is 3.90. The normalized spacial score (nSPS) is 18.3. The van der Waals surface area contributed by atoms with E-state index in [9.17, 15) is 9.59 Å². The summed E-state index contributed by atoms with van der Waals surface area (Å²) in [4.78, 5) is 24.9. The van der Waals surface area contributed by atoms with Crippen molar-refractivity contribution in [1.82, 2.24) is 10.2 Å². The SMILES string of the molecule is CCOc1c(CN2CCNC(=O)C2CC(=O)O)cccc1OC. The molecule has 1 aromatic carbocycles. The number of para-hydroxylation sites is 1. The number of amides is 1. The van der Waals surface area contributed by atoms with Crippen LogP contribution in [-0.2, 0) is 16.1 Å². The average Bonchev–Trinajstić information content (AvgIpc) is 2.52. The van der Waals surface area contributed by atoms with Crippen LogP contribution in [0, 0.1) is 0 Å². The van der Waals surface area contributed by atoms with E-state index in [0.717, 1.165) is 5.56 Å². The molecule has 1 aliphatic rings. The summed E-state index contributed by atoms with van der Waals surface area (Å²) >= 11 is 0. The van der Waals surface area contributed by atoms with Gasteiger partial charge in [-0.15, -0.1) is 0 Å². The van der Waals surface area contributed by atoms with Crippen molar-refractivity contribution in [3.63, 3.8) is 0 Å². The van der Waals surface area contributed by atoms with Crippen LogP contribution >= 0.6 is 0 Å². The highest BCUT2D eigenvalue weighted by Crippen LogP contribution is 2.32. The van der Waals surface area contributed by atoms with E-state index in [-0.39, 0.29) is 12.3 Å². The van der Waals surface area contributed by atoms with Crippen molar-refractivity contribution in [2.45, 2.75) is 25.9 Å². The number of benzene rings is 1. The van der Waals surface area contributed by atoms with Crippen molar-refractivity contribution < 1.29 is 24.2 Å². The first-order chi connectivity index (χ1) is 11.1. The number of carboxylic acids is 1. The van der Waals surface area contributed by atoms with Crippen molar-refractivity contribution in [3.8, 4) is 11.5 Å². The van der Waals surface area contributed by atoms with Gasteiger partial charge in [0.25, 0.3) is 0 Å². The molecule has 1 amide bonds. The molecule has 2 N–H and O–H groups in total. The Labute approximate surface area is 135 Å². The largest absolute Gasteiger partial charge is 0.493 e. The van der Waals surface area contributed by atoms with E-state index in [1.807, 2.05) is 30.0 Å². The third-order valence-electron chi connectivity index (χ3n) is 3.75. The number of hydrogen-bond acceptors (Lipinski definition) is 5. The Kier molecular flexibility index (Phi) is 5.81. The zero-order chi connectivity index (χ0) is 16.8. The van der Waals surface area contributed by atoms with Crippen LogP contribution in [0.15, 0.2) is 18.2 Å². The molecule has 0 bridgehead atoms. The van der Waals surface area contributed by atoms with Crippen LogP contribution in [0.4, 0.5) is 0 Å². The number of rotatable bonds is 7. The lowest BCUT2D eigenvalue weighted by Crippen LogP contribution is -2.55. The lowest BCUT2D eigenvalue weighted by molar-refractivity contribution is -0.143. The summed E-state index contributed by atoms with van der Waals surface area (Å²) in [6, 6.07) is 4.89. The van der Waals surface area contributed by atoms with Crippen LogP contribution in [0.3, 0.4) is 0 Å². The molecule has 1 saturated heterocycles. The minimum Gasteiger partial charge on any atom is -0.493 e. The Morgan fingerprint density at radius 2 is 2.26 bits per heavy atom. The Hall–Kier alpha value is -2.28. The number of methoxy groups -OCH3 is 1. The molecule has 2 rings (SSSR count). The summed E-state index contributed by atoms with van der Waals surface area (Å²) in [7, 11) is 1.57. The van der Waals surface area contributed by atoms with Crippen LogP contribution in [0.1, 0.15) is 18.9 Å². The molecular formula is C16H22N2O5. The number of ether oxygens (including phenoxy) is 2. The molecule has 1 aromatic rings. The lowest BCUT2D eigenvalue weighted by atomic mass is 10.1. The third-order valence-corrected chi connectivity index (χ3v) is 3.75. The van der Waals surface area contributed by atoms with Gasteiger partial charge in [-0.3, -0.25) is 14.5 Å². The Bertz CT molecular complexity index is 576. The smallest absolute Gasteiger partial charge is 0.305 e. The second-order valence-electron chi connectivity index (χ2n) is 5.26. The standard InChI is InChI=1S/C16H22N2O5/c1-3-23-15-11(5-4-6-13(15)22-2)10-18-8-7-17-16(21)12(18)9-14(19)20/h4-6,12H,3,7-10H2,1-2H3,(H,17,21)(H,19,20). The molecule has 1 atom stereocenters. The first-order valence-electron chi connectivity index (χ1n) is 7.59. The molecule has 0 radical (unpaired) electrons. The summed E-state index contributed by atoms with van der Waals surface area (Å²) < 4.78 is 11.0. The second kappa shape index (κ2) is 7.82. The fourth-order valence-corrected chi connectivity index (χ4v) is 2.71. The van der Waals surface area contributed by atoms with Crippen LogP contribution < -0.4 is 14.8 Å². The van der Waals surface area contributed by atoms with Crippen molar-refractivity contribution in [1.29, 1.82) is 0 Å². The maximum Gasteiger partial charge on any atom is 0.305 e. The van der Waals surface area contributed by atoms with Crippen LogP contribution in [0.2, 0.25) is 0 Å². The molecule has 126 valence electrons. The number of carboxylic acid groups (broad SMARTS) is 1. The number of aliphatic carboxylic acids is 1. The predicted octanol–water partition coefficient (Wildman–Crippen LogP) is 0.869. The molecule has 7 nitrogen and oxygen atoms in total. The van der Waals surface area contributed by atoms with Crippen LogP contribution in [0.25, 0.3) is 0 Å². The predicted molar refractivity (Wildman–Crippen MR) is 83.6 cm³/mol. The monoisotopic (exact) mass is 322 g/mol. The molecule has 7 heteroatoms. The van der Waals surface area contributed by atoms with Gasteiger partial charge in [-0.25, -0.2) is 0 Å². The van der Waals surface area contributed by atoms with E-state index in [1.54, 1.807) is 7.11 Å². The molecule has 0 aromatic heterocycles. The summed E-state index contributed by atoms with van der Waals surface area (Å²) in [6.07, 6.45) is -0.222.